The van der Waals surface area contributed by atoms with Crippen LogP contribution in [0.15, 0.2) is 82.4 Å². The number of anilines is 3. The van der Waals surface area contributed by atoms with E-state index in [9.17, 15) is 19.8 Å². The van der Waals surface area contributed by atoms with Crippen molar-refractivity contribution in [3.05, 3.63) is 98.8 Å². The molecule has 0 aliphatic heterocycles. The third kappa shape index (κ3) is 3.63. The molecular formula is C24H20N2O4. The Bertz CT molecular complexity index is 1270. The van der Waals surface area contributed by atoms with E-state index < -0.39 is 10.9 Å². The normalized spacial score (nSPS) is 11.9. The predicted octanol–water partition coefficient (Wildman–Crippen LogP) is 4.28. The lowest BCUT2D eigenvalue weighted by atomic mass is 10.0. The van der Waals surface area contributed by atoms with E-state index in [2.05, 4.69) is 10.6 Å². The summed E-state index contributed by atoms with van der Waals surface area (Å²) in [5.74, 6) is 0.245. The Morgan fingerprint density at radius 2 is 1.53 bits per heavy atom. The first-order valence-corrected chi connectivity index (χ1v) is 9.48. The van der Waals surface area contributed by atoms with Gasteiger partial charge in [0.05, 0.1) is 0 Å². The maximum atomic E-state index is 12.2. The largest absolute Gasteiger partial charge is 0.508 e. The van der Waals surface area contributed by atoms with Crippen LogP contribution in [-0.2, 0) is 0 Å². The van der Waals surface area contributed by atoms with Crippen molar-refractivity contribution in [2.24, 2.45) is 0 Å². The number of benzene rings is 3. The Kier molecular flexibility index (Phi) is 4.98. The zero-order chi connectivity index (χ0) is 21.3. The summed E-state index contributed by atoms with van der Waals surface area (Å²) < 4.78 is 0. The molecule has 0 radical (unpaired) electrons. The van der Waals surface area contributed by atoms with Crippen LogP contribution in [-0.4, -0.2) is 10.2 Å². The van der Waals surface area contributed by atoms with E-state index >= 15 is 0 Å². The van der Waals surface area contributed by atoms with E-state index in [-0.39, 0.29) is 28.9 Å². The van der Waals surface area contributed by atoms with Crippen LogP contribution in [0.3, 0.4) is 0 Å². The van der Waals surface area contributed by atoms with Gasteiger partial charge in [0, 0.05) is 17.3 Å². The molecule has 1 atom stereocenters. The van der Waals surface area contributed by atoms with Gasteiger partial charge in [-0.3, -0.25) is 9.59 Å². The molecule has 6 heteroatoms. The summed E-state index contributed by atoms with van der Waals surface area (Å²) in [7, 11) is 0. The van der Waals surface area contributed by atoms with Crippen molar-refractivity contribution >= 4 is 17.1 Å². The van der Waals surface area contributed by atoms with Crippen LogP contribution in [0.1, 0.15) is 18.5 Å². The quantitative estimate of drug-likeness (QED) is 0.285. The number of nitrogens with one attached hydrogen (secondary N) is 2. The second-order valence-electron chi connectivity index (χ2n) is 7.09. The van der Waals surface area contributed by atoms with E-state index in [0.29, 0.717) is 11.3 Å². The highest BCUT2D eigenvalue weighted by Crippen LogP contribution is 2.33. The highest BCUT2D eigenvalue weighted by Gasteiger charge is 2.23. The van der Waals surface area contributed by atoms with Crippen molar-refractivity contribution in [1.29, 1.82) is 0 Å². The Hall–Kier alpha value is -4.06. The van der Waals surface area contributed by atoms with Gasteiger partial charge in [0.1, 0.15) is 22.9 Å². The third-order valence-electron chi connectivity index (χ3n) is 4.99. The molecule has 4 rings (SSSR count). The monoisotopic (exact) mass is 400 g/mol. The lowest BCUT2D eigenvalue weighted by Gasteiger charge is -2.20. The van der Waals surface area contributed by atoms with Gasteiger partial charge in [-0.1, -0.05) is 42.5 Å². The number of hydrogen-bond acceptors (Lipinski definition) is 6. The highest BCUT2D eigenvalue weighted by molar-refractivity contribution is 5.82. The van der Waals surface area contributed by atoms with Crippen LogP contribution in [0.25, 0.3) is 11.1 Å². The average molecular weight is 400 g/mol. The van der Waals surface area contributed by atoms with Gasteiger partial charge in [0.15, 0.2) is 0 Å². The summed E-state index contributed by atoms with van der Waals surface area (Å²) in [6, 6.07) is 20.7. The molecule has 0 fully saturated rings. The molecule has 4 N–H and O–H groups in total. The number of phenolic OH excluding ortho intramolecular Hbond substituents is 2. The Labute approximate surface area is 172 Å². The lowest BCUT2D eigenvalue weighted by Crippen LogP contribution is -2.37. The molecule has 0 saturated carbocycles. The van der Waals surface area contributed by atoms with Crippen LogP contribution in [0, 0.1) is 0 Å². The van der Waals surface area contributed by atoms with Crippen molar-refractivity contribution in [1.82, 2.24) is 0 Å². The summed E-state index contributed by atoms with van der Waals surface area (Å²) in [6.07, 6.45) is 0. The van der Waals surface area contributed by atoms with E-state index in [0.717, 1.165) is 11.1 Å². The number of phenols is 2. The first kappa shape index (κ1) is 19.3. The molecule has 0 aliphatic carbocycles. The molecule has 0 saturated heterocycles. The van der Waals surface area contributed by atoms with Crippen molar-refractivity contribution in [2.75, 3.05) is 10.6 Å². The molecule has 0 aromatic heterocycles. The molecule has 0 spiro atoms. The molecule has 4 aromatic carbocycles. The number of hydrogen-bond donors (Lipinski definition) is 4. The molecule has 6 nitrogen and oxygen atoms in total. The van der Waals surface area contributed by atoms with Crippen molar-refractivity contribution in [3.8, 4) is 22.6 Å². The van der Waals surface area contributed by atoms with Crippen molar-refractivity contribution in [3.63, 3.8) is 0 Å². The summed E-state index contributed by atoms with van der Waals surface area (Å²) in [4.78, 5) is 24.3. The van der Waals surface area contributed by atoms with Crippen LogP contribution in [0.4, 0.5) is 17.1 Å². The number of aromatic hydroxyl groups is 2. The molecular weight excluding hydrogens is 380 g/mol. The lowest BCUT2D eigenvalue weighted by molar-refractivity contribution is 0.474. The maximum absolute atomic E-state index is 12.2. The number of rotatable bonds is 6. The van der Waals surface area contributed by atoms with E-state index in [1.54, 1.807) is 36.4 Å². The minimum Gasteiger partial charge on any atom is -0.508 e. The summed E-state index contributed by atoms with van der Waals surface area (Å²) in [5, 5.41) is 25.9. The van der Waals surface area contributed by atoms with Gasteiger partial charge in [0.25, 0.3) is 10.9 Å². The molecule has 0 unspecified atom stereocenters. The van der Waals surface area contributed by atoms with Crippen LogP contribution >= 0.6 is 0 Å². The minimum absolute atomic E-state index is 0.118. The van der Waals surface area contributed by atoms with Gasteiger partial charge in [-0.25, -0.2) is 0 Å². The van der Waals surface area contributed by atoms with Gasteiger partial charge in [-0.2, -0.15) is 0 Å². The predicted molar refractivity (Wildman–Crippen MR) is 118 cm³/mol. The summed E-state index contributed by atoms with van der Waals surface area (Å²) in [5.41, 5.74) is 1.99. The van der Waals surface area contributed by atoms with E-state index in [1.165, 1.54) is 0 Å². The Balaban J connectivity index is 1.60. The molecule has 4 aromatic rings. The molecule has 0 amide bonds. The molecule has 0 aliphatic rings. The minimum atomic E-state index is -0.602. The summed E-state index contributed by atoms with van der Waals surface area (Å²) >= 11 is 0. The SMILES string of the molecule is C[C@@H](Nc1c(Nc2ccc(O)c(-c3ccccc3)c2)c(=O)c1=O)c1cccc(O)c1. The highest BCUT2D eigenvalue weighted by atomic mass is 16.3. The second-order valence-corrected chi connectivity index (χ2v) is 7.09. The van der Waals surface area contributed by atoms with Gasteiger partial charge in [-0.05, 0) is 48.4 Å². The van der Waals surface area contributed by atoms with Gasteiger partial charge in [-0.15, -0.1) is 0 Å². The van der Waals surface area contributed by atoms with Gasteiger partial charge >= 0.3 is 0 Å². The topological polar surface area (TPSA) is 98.7 Å². The fourth-order valence-electron chi connectivity index (χ4n) is 3.35. The Morgan fingerprint density at radius 1 is 0.800 bits per heavy atom. The average Bonchev–Trinajstić information content (AvgIpc) is 2.77. The van der Waals surface area contributed by atoms with Crippen LogP contribution in [0.5, 0.6) is 11.5 Å². The van der Waals surface area contributed by atoms with Crippen molar-refractivity contribution < 1.29 is 10.2 Å². The first-order chi connectivity index (χ1) is 14.4. The first-order valence-electron chi connectivity index (χ1n) is 9.48. The Morgan fingerprint density at radius 3 is 2.27 bits per heavy atom. The molecule has 0 heterocycles. The third-order valence-corrected chi connectivity index (χ3v) is 4.99. The van der Waals surface area contributed by atoms with Crippen LogP contribution in [0.2, 0.25) is 0 Å². The second kappa shape index (κ2) is 7.75. The fraction of sp³-hybridized carbons (Fsp3) is 0.0833. The smallest absolute Gasteiger partial charge is 0.253 e. The van der Waals surface area contributed by atoms with Gasteiger partial charge < -0.3 is 20.8 Å². The molecule has 0 bridgehead atoms. The standard InChI is InChI=1S/C24H20N2O4/c1-14(16-8-5-9-18(27)12-16)25-21-22(24(30)23(21)29)26-17-10-11-20(28)19(13-17)15-6-3-2-4-7-15/h2-14,25-28H,1H3/t14-/m1/s1. The van der Waals surface area contributed by atoms with E-state index in [4.69, 9.17) is 0 Å². The fourth-order valence-corrected chi connectivity index (χ4v) is 3.35. The summed E-state index contributed by atoms with van der Waals surface area (Å²) in [6.45, 7) is 1.84. The zero-order valence-corrected chi connectivity index (χ0v) is 16.2. The van der Waals surface area contributed by atoms with Crippen LogP contribution < -0.4 is 21.5 Å². The molecule has 150 valence electrons. The van der Waals surface area contributed by atoms with Crippen molar-refractivity contribution in [2.45, 2.75) is 13.0 Å². The zero-order valence-electron chi connectivity index (χ0n) is 16.2. The van der Waals surface area contributed by atoms with E-state index in [1.807, 2.05) is 43.3 Å². The van der Waals surface area contributed by atoms with Gasteiger partial charge in [0.2, 0.25) is 0 Å². The molecule has 30 heavy (non-hydrogen) atoms. The maximum Gasteiger partial charge on any atom is 0.253 e.